The summed E-state index contributed by atoms with van der Waals surface area (Å²) in [5.74, 6) is 0.868. The third-order valence-electron chi connectivity index (χ3n) is 8.93. The van der Waals surface area contributed by atoms with Gasteiger partial charge in [0.2, 0.25) is 0 Å². The van der Waals surface area contributed by atoms with Crippen LogP contribution in [0.15, 0.2) is 170 Å². The predicted molar refractivity (Wildman–Crippen MR) is 197 cm³/mol. The van der Waals surface area contributed by atoms with Crippen LogP contribution in [0.3, 0.4) is 0 Å². The summed E-state index contributed by atoms with van der Waals surface area (Å²) in [5.41, 5.74) is 8.97. The average Bonchev–Trinajstić information content (AvgIpc) is 3.50. The van der Waals surface area contributed by atoms with E-state index in [4.69, 9.17) is 4.98 Å². The van der Waals surface area contributed by atoms with Crippen molar-refractivity contribution in [2.24, 2.45) is 0 Å². The molecular formula is C44H32N2. The van der Waals surface area contributed by atoms with Gasteiger partial charge in [-0.2, -0.15) is 0 Å². The zero-order valence-electron chi connectivity index (χ0n) is 25.7. The Labute approximate surface area is 268 Å². The first-order chi connectivity index (χ1) is 22.7. The predicted octanol–water partition coefficient (Wildman–Crippen LogP) is 11.8. The molecule has 0 unspecified atom stereocenters. The van der Waals surface area contributed by atoms with Crippen LogP contribution in [-0.4, -0.2) is 9.55 Å². The van der Waals surface area contributed by atoms with Crippen LogP contribution >= 0.6 is 0 Å². The highest BCUT2D eigenvalue weighted by atomic mass is 15.1. The molecule has 8 rings (SSSR count). The van der Waals surface area contributed by atoms with E-state index in [1.807, 2.05) is 18.2 Å². The largest absolute Gasteiger partial charge is 0.292 e. The molecule has 7 aromatic carbocycles. The molecule has 0 atom stereocenters. The van der Waals surface area contributed by atoms with Crippen molar-refractivity contribution in [2.75, 3.05) is 0 Å². The zero-order chi connectivity index (χ0) is 31.0. The van der Waals surface area contributed by atoms with Gasteiger partial charge in [0.1, 0.15) is 5.82 Å². The Hall–Kier alpha value is -5.99. The summed E-state index contributed by atoms with van der Waals surface area (Å²) in [6, 6.07) is 51.7. The number of para-hydroxylation sites is 3. The van der Waals surface area contributed by atoms with Gasteiger partial charge in [0.05, 0.1) is 11.0 Å². The van der Waals surface area contributed by atoms with E-state index in [1.165, 1.54) is 54.6 Å². The smallest absolute Gasteiger partial charge is 0.145 e. The molecule has 0 aliphatic carbocycles. The van der Waals surface area contributed by atoms with Crippen molar-refractivity contribution in [1.82, 2.24) is 9.55 Å². The molecule has 0 saturated carbocycles. The van der Waals surface area contributed by atoms with Crippen molar-refractivity contribution in [3.8, 4) is 16.8 Å². The Morgan fingerprint density at radius 1 is 0.609 bits per heavy atom. The van der Waals surface area contributed by atoms with E-state index < -0.39 is 0 Å². The molecule has 8 aromatic rings. The monoisotopic (exact) mass is 588 g/mol. The first-order valence-electron chi connectivity index (χ1n) is 15.7. The average molecular weight is 589 g/mol. The van der Waals surface area contributed by atoms with Gasteiger partial charge >= 0.3 is 0 Å². The molecule has 0 saturated heterocycles. The number of hydrogen-bond donors (Lipinski definition) is 0. The normalized spacial score (nSPS) is 12.4. The highest BCUT2D eigenvalue weighted by molar-refractivity contribution is 6.19. The zero-order valence-corrected chi connectivity index (χ0v) is 25.7. The topological polar surface area (TPSA) is 17.8 Å². The van der Waals surface area contributed by atoms with Gasteiger partial charge in [-0.3, -0.25) is 4.57 Å². The maximum Gasteiger partial charge on any atom is 0.145 e. The summed E-state index contributed by atoms with van der Waals surface area (Å²) >= 11 is 0. The number of imidazole rings is 1. The van der Waals surface area contributed by atoms with Gasteiger partial charge in [-0.1, -0.05) is 140 Å². The van der Waals surface area contributed by atoms with Crippen LogP contribution in [0.5, 0.6) is 0 Å². The number of allylic oxidation sites excluding steroid dienone is 5. The lowest BCUT2D eigenvalue weighted by atomic mass is 9.85. The quantitative estimate of drug-likeness (QED) is 0.140. The lowest BCUT2D eigenvalue weighted by Gasteiger charge is -2.18. The van der Waals surface area contributed by atoms with Gasteiger partial charge < -0.3 is 0 Å². The minimum Gasteiger partial charge on any atom is -0.292 e. The van der Waals surface area contributed by atoms with Crippen LogP contribution in [0.4, 0.5) is 0 Å². The molecule has 2 nitrogen and oxygen atoms in total. The number of rotatable bonds is 6. The molecule has 0 spiro atoms. The number of aromatic nitrogens is 2. The standard InChI is InChI=1S/C44H32N2/c1-3-31(44-45-40-23-13-14-24-41(40)46(44)35-17-5-4-6-18-35)26-25-30(2)42-36-19-9-11-21-38(36)43(39-22-12-10-20-37(39)42)34-28-27-32-15-7-8-16-33(32)29-34/h3-29H,1H2,2H3. The maximum absolute atomic E-state index is 5.07. The molecule has 0 bridgehead atoms. The fraction of sp³-hybridized carbons (Fsp3) is 0.0227. The Morgan fingerprint density at radius 2 is 1.22 bits per heavy atom. The summed E-state index contributed by atoms with van der Waals surface area (Å²) in [6.07, 6.45) is 6.28. The van der Waals surface area contributed by atoms with Crippen LogP contribution in [0.1, 0.15) is 18.3 Å². The van der Waals surface area contributed by atoms with Gasteiger partial charge in [0, 0.05) is 11.3 Å². The van der Waals surface area contributed by atoms with Gasteiger partial charge in [0.15, 0.2) is 0 Å². The van der Waals surface area contributed by atoms with Crippen LogP contribution in [-0.2, 0) is 0 Å². The fourth-order valence-corrected chi connectivity index (χ4v) is 6.80. The Balaban J connectivity index is 1.33. The van der Waals surface area contributed by atoms with E-state index in [2.05, 4.69) is 164 Å². The number of benzene rings is 7. The highest BCUT2D eigenvalue weighted by Gasteiger charge is 2.17. The minimum atomic E-state index is 0.868. The molecule has 0 amide bonds. The molecule has 1 aromatic heterocycles. The second kappa shape index (κ2) is 11.5. The van der Waals surface area contributed by atoms with E-state index >= 15 is 0 Å². The van der Waals surface area contributed by atoms with Crippen molar-refractivity contribution < 1.29 is 0 Å². The van der Waals surface area contributed by atoms with Crippen molar-refractivity contribution in [3.05, 3.63) is 182 Å². The third kappa shape index (κ3) is 4.63. The van der Waals surface area contributed by atoms with E-state index in [1.54, 1.807) is 0 Å². The van der Waals surface area contributed by atoms with Crippen molar-refractivity contribution in [3.63, 3.8) is 0 Å². The fourth-order valence-electron chi connectivity index (χ4n) is 6.80. The first-order valence-corrected chi connectivity index (χ1v) is 15.7. The molecule has 0 aliphatic heterocycles. The number of fused-ring (bicyclic) bond motifs is 4. The minimum absolute atomic E-state index is 0.868. The molecule has 218 valence electrons. The molecule has 0 radical (unpaired) electrons. The van der Waals surface area contributed by atoms with E-state index in [0.717, 1.165) is 28.1 Å². The van der Waals surface area contributed by atoms with Crippen molar-refractivity contribution in [1.29, 1.82) is 0 Å². The van der Waals surface area contributed by atoms with Crippen molar-refractivity contribution >= 4 is 54.5 Å². The lowest BCUT2D eigenvalue weighted by molar-refractivity contribution is 1.06. The second-order valence-corrected chi connectivity index (χ2v) is 11.7. The second-order valence-electron chi connectivity index (χ2n) is 11.7. The lowest BCUT2D eigenvalue weighted by Crippen LogP contribution is -1.99. The Kier molecular flexibility index (Phi) is 6.89. The van der Waals surface area contributed by atoms with E-state index in [9.17, 15) is 0 Å². The summed E-state index contributed by atoms with van der Waals surface area (Å²) in [6.45, 7) is 6.42. The van der Waals surface area contributed by atoms with Gasteiger partial charge in [-0.25, -0.2) is 4.98 Å². The Morgan fingerprint density at radius 3 is 1.93 bits per heavy atom. The number of nitrogens with zero attached hydrogens (tertiary/aromatic N) is 2. The number of hydrogen-bond acceptors (Lipinski definition) is 1. The molecule has 46 heavy (non-hydrogen) atoms. The highest BCUT2D eigenvalue weighted by Crippen LogP contribution is 2.42. The van der Waals surface area contributed by atoms with Gasteiger partial charge in [-0.15, -0.1) is 0 Å². The van der Waals surface area contributed by atoms with Crippen molar-refractivity contribution in [2.45, 2.75) is 6.92 Å². The first kappa shape index (κ1) is 27.6. The van der Waals surface area contributed by atoms with Gasteiger partial charge in [0.25, 0.3) is 0 Å². The van der Waals surface area contributed by atoms with Crippen LogP contribution in [0.2, 0.25) is 0 Å². The summed E-state index contributed by atoms with van der Waals surface area (Å²) in [5, 5.41) is 7.47. The van der Waals surface area contributed by atoms with Gasteiger partial charge in [-0.05, 0) is 91.8 Å². The molecule has 0 fully saturated rings. The molecule has 2 heteroatoms. The molecule has 0 aliphatic rings. The molecular weight excluding hydrogens is 556 g/mol. The van der Waals surface area contributed by atoms with E-state index in [-0.39, 0.29) is 0 Å². The van der Waals surface area contributed by atoms with Crippen LogP contribution in [0, 0.1) is 0 Å². The summed E-state index contributed by atoms with van der Waals surface area (Å²) < 4.78 is 2.22. The molecule has 0 N–H and O–H groups in total. The van der Waals surface area contributed by atoms with E-state index in [0.29, 0.717) is 0 Å². The van der Waals surface area contributed by atoms with Crippen LogP contribution < -0.4 is 0 Å². The molecule has 1 heterocycles. The van der Waals surface area contributed by atoms with Crippen LogP contribution in [0.25, 0.3) is 71.3 Å². The third-order valence-corrected chi connectivity index (χ3v) is 8.93. The Bertz CT molecular complexity index is 2440. The maximum atomic E-state index is 5.07. The summed E-state index contributed by atoms with van der Waals surface area (Å²) in [4.78, 5) is 5.07. The summed E-state index contributed by atoms with van der Waals surface area (Å²) in [7, 11) is 0. The SMILES string of the molecule is C=CC(=CC=C(C)c1c2ccccc2c(-c2ccc3ccccc3c2)c2ccccc12)c1nc2ccccc2n1-c1ccccc1.